The quantitative estimate of drug-likeness (QED) is 0.802. The van der Waals surface area contributed by atoms with Gasteiger partial charge in [0.2, 0.25) is 0 Å². The lowest BCUT2D eigenvalue weighted by Crippen LogP contribution is -2.48. The maximum atomic E-state index is 6.56. The Morgan fingerprint density at radius 2 is 1.35 bits per heavy atom. The van der Waals surface area contributed by atoms with Crippen LogP contribution in [0.5, 0.6) is 0 Å². The van der Waals surface area contributed by atoms with E-state index in [1.54, 1.807) is 0 Å². The lowest BCUT2D eigenvalue weighted by molar-refractivity contribution is 0.119. The van der Waals surface area contributed by atoms with E-state index < -0.39 is 0 Å². The summed E-state index contributed by atoms with van der Waals surface area (Å²) in [7, 11) is 0. The largest absolute Gasteiger partial charge is 0.380 e. The Hall–Kier alpha value is -0.120. The Morgan fingerprint density at radius 1 is 0.700 bits per heavy atom. The van der Waals surface area contributed by atoms with E-state index in [-0.39, 0.29) is 0 Å². The van der Waals surface area contributed by atoms with Gasteiger partial charge in [0.15, 0.2) is 0 Å². The first-order chi connectivity index (χ1) is 9.88. The van der Waals surface area contributed by atoms with Crippen LogP contribution in [0.15, 0.2) is 0 Å². The van der Waals surface area contributed by atoms with Crippen LogP contribution < -0.4 is 5.73 Å². The van der Waals surface area contributed by atoms with Crippen molar-refractivity contribution >= 4 is 0 Å². The topological polar surface area (TPSA) is 38.5 Å². The van der Waals surface area contributed by atoms with Crippen molar-refractivity contribution in [1.82, 2.24) is 4.90 Å². The molecule has 0 spiro atoms. The van der Waals surface area contributed by atoms with Crippen molar-refractivity contribution in [2.24, 2.45) is 5.73 Å². The second kappa shape index (κ2) is 9.75. The van der Waals surface area contributed by atoms with Crippen LogP contribution in [-0.4, -0.2) is 43.3 Å². The highest BCUT2D eigenvalue weighted by Gasteiger charge is 2.25. The predicted molar refractivity (Wildman–Crippen MR) is 84.9 cm³/mol. The molecule has 2 fully saturated rings. The minimum absolute atomic E-state index is 0.368. The van der Waals surface area contributed by atoms with Crippen molar-refractivity contribution in [3.63, 3.8) is 0 Å². The maximum absolute atomic E-state index is 6.56. The average molecular weight is 282 g/mol. The molecule has 0 aromatic carbocycles. The SMILES string of the molecule is NC1CCCCCCCCCCC1N1CCCOCC1. The third-order valence-electron chi connectivity index (χ3n) is 5.01. The molecule has 1 heterocycles. The number of rotatable bonds is 1. The van der Waals surface area contributed by atoms with Gasteiger partial charge in [-0.1, -0.05) is 51.4 Å². The standard InChI is InChI=1S/C17H34N2O/c18-16-10-7-5-3-1-2-4-6-8-11-17(16)19-12-9-14-20-15-13-19/h16-17H,1-15,18H2. The Kier molecular flexibility index (Phi) is 7.92. The summed E-state index contributed by atoms with van der Waals surface area (Å²) in [5.74, 6) is 0. The molecule has 0 aromatic heterocycles. The molecule has 1 saturated carbocycles. The zero-order chi connectivity index (χ0) is 14.0. The minimum Gasteiger partial charge on any atom is -0.380 e. The van der Waals surface area contributed by atoms with Gasteiger partial charge in [-0.2, -0.15) is 0 Å². The van der Waals surface area contributed by atoms with E-state index >= 15 is 0 Å². The van der Waals surface area contributed by atoms with E-state index in [9.17, 15) is 0 Å². The van der Waals surface area contributed by atoms with Crippen molar-refractivity contribution in [2.45, 2.75) is 82.7 Å². The zero-order valence-electron chi connectivity index (χ0n) is 13.2. The number of hydrogen-bond donors (Lipinski definition) is 1. The van der Waals surface area contributed by atoms with Crippen molar-refractivity contribution in [2.75, 3.05) is 26.3 Å². The highest BCUT2D eigenvalue weighted by molar-refractivity contribution is 4.83. The number of nitrogens with two attached hydrogens (primary N) is 1. The second-order valence-corrected chi connectivity index (χ2v) is 6.64. The van der Waals surface area contributed by atoms with Gasteiger partial charge in [0, 0.05) is 31.8 Å². The van der Waals surface area contributed by atoms with Crippen LogP contribution >= 0.6 is 0 Å². The third-order valence-corrected chi connectivity index (χ3v) is 5.01. The smallest absolute Gasteiger partial charge is 0.0593 e. The molecule has 1 aliphatic heterocycles. The van der Waals surface area contributed by atoms with Gasteiger partial charge in [0.25, 0.3) is 0 Å². The van der Waals surface area contributed by atoms with E-state index in [4.69, 9.17) is 10.5 Å². The van der Waals surface area contributed by atoms with Crippen LogP contribution in [0.4, 0.5) is 0 Å². The molecule has 1 saturated heterocycles. The van der Waals surface area contributed by atoms with Gasteiger partial charge in [-0.3, -0.25) is 4.90 Å². The zero-order valence-corrected chi connectivity index (χ0v) is 13.2. The second-order valence-electron chi connectivity index (χ2n) is 6.64. The first kappa shape index (κ1) is 16.3. The van der Waals surface area contributed by atoms with Crippen LogP contribution in [0.2, 0.25) is 0 Å². The van der Waals surface area contributed by atoms with Crippen molar-refractivity contribution in [3.8, 4) is 0 Å². The van der Waals surface area contributed by atoms with E-state index in [0.717, 1.165) is 19.8 Å². The molecule has 2 N–H and O–H groups in total. The fourth-order valence-corrected chi connectivity index (χ4v) is 3.75. The van der Waals surface area contributed by atoms with Gasteiger partial charge in [-0.15, -0.1) is 0 Å². The molecule has 1 aliphatic carbocycles. The van der Waals surface area contributed by atoms with Crippen LogP contribution in [0.1, 0.15) is 70.6 Å². The molecule has 118 valence electrons. The molecule has 0 amide bonds. The third kappa shape index (κ3) is 5.71. The average Bonchev–Trinajstić information content (AvgIpc) is 2.72. The van der Waals surface area contributed by atoms with Crippen LogP contribution in [0.3, 0.4) is 0 Å². The number of ether oxygens (including phenoxy) is 1. The van der Waals surface area contributed by atoms with Gasteiger partial charge in [-0.05, 0) is 19.3 Å². The molecule has 2 aliphatic rings. The Morgan fingerprint density at radius 3 is 2.10 bits per heavy atom. The highest BCUT2D eigenvalue weighted by atomic mass is 16.5. The monoisotopic (exact) mass is 282 g/mol. The van der Waals surface area contributed by atoms with Crippen LogP contribution in [0, 0.1) is 0 Å². The summed E-state index contributed by atoms with van der Waals surface area (Å²) >= 11 is 0. The molecular weight excluding hydrogens is 248 g/mol. The maximum Gasteiger partial charge on any atom is 0.0593 e. The Balaban J connectivity index is 1.89. The molecule has 3 heteroatoms. The fourth-order valence-electron chi connectivity index (χ4n) is 3.75. The summed E-state index contributed by atoms with van der Waals surface area (Å²) < 4.78 is 5.61. The normalized spacial score (nSPS) is 32.9. The number of hydrogen-bond acceptors (Lipinski definition) is 3. The summed E-state index contributed by atoms with van der Waals surface area (Å²) in [6.45, 7) is 4.08. The van der Waals surface area contributed by atoms with Crippen molar-refractivity contribution in [1.29, 1.82) is 0 Å². The number of nitrogens with zero attached hydrogens (tertiary/aromatic N) is 1. The molecule has 20 heavy (non-hydrogen) atoms. The Bertz CT molecular complexity index is 239. The summed E-state index contributed by atoms with van der Waals surface area (Å²) in [5.41, 5.74) is 6.56. The summed E-state index contributed by atoms with van der Waals surface area (Å²) in [4.78, 5) is 2.63. The van der Waals surface area contributed by atoms with E-state index in [1.807, 2.05) is 0 Å². The van der Waals surface area contributed by atoms with Gasteiger partial charge in [0.05, 0.1) is 6.61 Å². The highest BCUT2D eigenvalue weighted by Crippen LogP contribution is 2.20. The summed E-state index contributed by atoms with van der Waals surface area (Å²) in [6, 6.07) is 0.962. The lowest BCUT2D eigenvalue weighted by Gasteiger charge is -2.35. The fraction of sp³-hybridized carbons (Fsp3) is 1.00. The molecule has 2 unspecified atom stereocenters. The molecule has 0 radical (unpaired) electrons. The molecule has 2 atom stereocenters. The van der Waals surface area contributed by atoms with Crippen molar-refractivity contribution < 1.29 is 4.74 Å². The van der Waals surface area contributed by atoms with E-state index in [0.29, 0.717) is 12.1 Å². The van der Waals surface area contributed by atoms with Crippen molar-refractivity contribution in [3.05, 3.63) is 0 Å². The van der Waals surface area contributed by atoms with E-state index in [2.05, 4.69) is 4.90 Å². The molecule has 2 rings (SSSR count). The first-order valence-corrected chi connectivity index (χ1v) is 8.95. The van der Waals surface area contributed by atoms with Gasteiger partial charge in [0.1, 0.15) is 0 Å². The molecule has 3 nitrogen and oxygen atoms in total. The predicted octanol–water partition coefficient (Wildman–Crippen LogP) is 3.32. The molecule has 0 aromatic rings. The first-order valence-electron chi connectivity index (χ1n) is 8.95. The summed E-state index contributed by atoms with van der Waals surface area (Å²) in [5, 5.41) is 0. The molecular formula is C17H34N2O. The lowest BCUT2D eigenvalue weighted by atomic mass is 9.93. The van der Waals surface area contributed by atoms with Gasteiger partial charge >= 0.3 is 0 Å². The van der Waals surface area contributed by atoms with Gasteiger partial charge in [-0.25, -0.2) is 0 Å². The van der Waals surface area contributed by atoms with Gasteiger partial charge < -0.3 is 10.5 Å². The van der Waals surface area contributed by atoms with E-state index in [1.165, 1.54) is 77.2 Å². The van der Waals surface area contributed by atoms with Crippen LogP contribution in [0.25, 0.3) is 0 Å². The summed E-state index contributed by atoms with van der Waals surface area (Å²) in [6.07, 6.45) is 14.8. The van der Waals surface area contributed by atoms with Crippen LogP contribution in [-0.2, 0) is 4.74 Å². The molecule has 0 bridgehead atoms. The minimum atomic E-state index is 0.368. The Labute approximate surface area is 125 Å².